The number of hydrogen-bond acceptors (Lipinski definition) is 6. The third-order valence-corrected chi connectivity index (χ3v) is 5.02. The van der Waals surface area contributed by atoms with Crippen molar-refractivity contribution in [3.63, 3.8) is 0 Å². The van der Waals surface area contributed by atoms with E-state index in [1.54, 1.807) is 7.05 Å². The molecule has 1 aliphatic heterocycles. The van der Waals surface area contributed by atoms with Gasteiger partial charge in [0.2, 0.25) is 5.89 Å². The number of ether oxygens (including phenoxy) is 2. The maximum absolute atomic E-state index is 6.12. The Morgan fingerprint density at radius 3 is 2.90 bits per heavy atom. The van der Waals surface area contributed by atoms with E-state index in [-0.39, 0.29) is 5.92 Å². The Kier molecular flexibility index (Phi) is 8.07. The van der Waals surface area contributed by atoms with Gasteiger partial charge in [-0.25, -0.2) is 0 Å². The largest absolute Gasteiger partial charge is 0.493 e. The van der Waals surface area contributed by atoms with Crippen LogP contribution in [0.1, 0.15) is 49.0 Å². The van der Waals surface area contributed by atoms with Crippen LogP contribution in [0.15, 0.2) is 27.7 Å². The van der Waals surface area contributed by atoms with E-state index < -0.39 is 0 Å². The number of aliphatic imine (C=N–C) groups is 1. The zero-order valence-corrected chi connectivity index (χ0v) is 18.4. The van der Waals surface area contributed by atoms with E-state index in [1.165, 1.54) is 5.56 Å². The Labute approximate surface area is 178 Å². The highest BCUT2D eigenvalue weighted by molar-refractivity contribution is 5.79. The lowest BCUT2D eigenvalue weighted by Crippen LogP contribution is -2.38. The molecule has 2 aromatic rings. The first kappa shape index (κ1) is 22.1. The second-order valence-electron chi connectivity index (χ2n) is 7.96. The summed E-state index contributed by atoms with van der Waals surface area (Å²) >= 11 is 0. The summed E-state index contributed by atoms with van der Waals surface area (Å²) in [6, 6.07) is 6.29. The second kappa shape index (κ2) is 11.0. The molecule has 2 heterocycles. The first-order valence-corrected chi connectivity index (χ1v) is 10.6. The van der Waals surface area contributed by atoms with Gasteiger partial charge in [-0.05, 0) is 25.0 Å². The van der Waals surface area contributed by atoms with Crippen molar-refractivity contribution in [2.45, 2.75) is 46.1 Å². The predicted octanol–water partition coefficient (Wildman–Crippen LogP) is 2.82. The van der Waals surface area contributed by atoms with Crippen molar-refractivity contribution in [1.29, 1.82) is 0 Å². The summed E-state index contributed by atoms with van der Waals surface area (Å²) in [6.07, 6.45) is 1.71. The van der Waals surface area contributed by atoms with E-state index in [0.717, 1.165) is 36.8 Å². The molecule has 1 aromatic carbocycles. The molecule has 0 radical (unpaired) electrons. The molecule has 3 rings (SSSR count). The molecule has 0 saturated carbocycles. The molecule has 0 bridgehead atoms. The first-order valence-electron chi connectivity index (χ1n) is 10.6. The summed E-state index contributed by atoms with van der Waals surface area (Å²) in [5, 5.41) is 10.6. The van der Waals surface area contributed by atoms with Crippen molar-refractivity contribution < 1.29 is 14.0 Å². The summed E-state index contributed by atoms with van der Waals surface area (Å²) in [6.45, 7) is 9.74. The average molecular weight is 416 g/mol. The maximum atomic E-state index is 6.12. The Morgan fingerprint density at radius 1 is 1.33 bits per heavy atom. The summed E-state index contributed by atoms with van der Waals surface area (Å²) in [5.74, 6) is 3.74. The van der Waals surface area contributed by atoms with E-state index >= 15 is 0 Å². The Bertz CT molecular complexity index is 828. The molecule has 1 fully saturated rings. The zero-order chi connectivity index (χ0) is 21.3. The van der Waals surface area contributed by atoms with Gasteiger partial charge in [0.05, 0.1) is 13.2 Å². The SMILES string of the molecule is CN=C(NCCc1nc(C(C)C)no1)NCc1ccc(C)cc1OCC1CCOC1. The van der Waals surface area contributed by atoms with Crippen LogP contribution in [-0.4, -0.2) is 49.5 Å². The molecular weight excluding hydrogens is 382 g/mol. The Hall–Kier alpha value is -2.61. The van der Waals surface area contributed by atoms with Crippen molar-refractivity contribution in [3.05, 3.63) is 41.0 Å². The van der Waals surface area contributed by atoms with Crippen molar-refractivity contribution >= 4 is 5.96 Å². The number of hydrogen-bond donors (Lipinski definition) is 2. The van der Waals surface area contributed by atoms with Gasteiger partial charge in [-0.15, -0.1) is 0 Å². The molecule has 1 saturated heterocycles. The molecule has 8 heteroatoms. The first-order chi connectivity index (χ1) is 14.5. The van der Waals surface area contributed by atoms with E-state index in [2.05, 4.69) is 50.9 Å². The zero-order valence-electron chi connectivity index (χ0n) is 18.4. The molecule has 30 heavy (non-hydrogen) atoms. The standard InChI is InChI=1S/C22H33N5O3/c1-15(2)21-26-20(30-27-21)7-9-24-22(23-4)25-12-18-6-5-16(3)11-19(18)29-14-17-8-10-28-13-17/h5-6,11,15,17H,7-10,12-14H2,1-4H3,(H2,23,24,25). The molecule has 8 nitrogen and oxygen atoms in total. The molecule has 1 unspecified atom stereocenters. The lowest BCUT2D eigenvalue weighted by atomic mass is 10.1. The van der Waals surface area contributed by atoms with Crippen LogP contribution in [0.3, 0.4) is 0 Å². The van der Waals surface area contributed by atoms with Crippen LogP contribution in [-0.2, 0) is 17.7 Å². The fraction of sp³-hybridized carbons (Fsp3) is 0.591. The second-order valence-corrected chi connectivity index (χ2v) is 7.96. The Balaban J connectivity index is 1.48. The predicted molar refractivity (Wildman–Crippen MR) is 116 cm³/mol. The van der Waals surface area contributed by atoms with Crippen molar-refractivity contribution in [2.24, 2.45) is 10.9 Å². The van der Waals surface area contributed by atoms with E-state index in [0.29, 0.717) is 43.9 Å². The lowest BCUT2D eigenvalue weighted by Gasteiger charge is -2.16. The van der Waals surface area contributed by atoms with Gasteiger partial charge in [0.15, 0.2) is 11.8 Å². The van der Waals surface area contributed by atoms with Crippen LogP contribution in [0.2, 0.25) is 0 Å². The van der Waals surface area contributed by atoms with Gasteiger partial charge in [0.1, 0.15) is 5.75 Å². The highest BCUT2D eigenvalue weighted by atomic mass is 16.5. The van der Waals surface area contributed by atoms with Gasteiger partial charge in [0.25, 0.3) is 0 Å². The summed E-state index contributed by atoms with van der Waals surface area (Å²) in [5.41, 5.74) is 2.28. The molecular formula is C22H33N5O3. The summed E-state index contributed by atoms with van der Waals surface area (Å²) < 4.78 is 16.8. The van der Waals surface area contributed by atoms with Crippen LogP contribution in [0.25, 0.3) is 0 Å². The summed E-state index contributed by atoms with van der Waals surface area (Å²) in [4.78, 5) is 8.69. The van der Waals surface area contributed by atoms with Crippen molar-refractivity contribution in [1.82, 2.24) is 20.8 Å². The number of aryl methyl sites for hydroxylation is 1. The van der Waals surface area contributed by atoms with Gasteiger partial charge >= 0.3 is 0 Å². The third-order valence-electron chi connectivity index (χ3n) is 5.02. The average Bonchev–Trinajstić information content (AvgIpc) is 3.42. The Morgan fingerprint density at radius 2 is 2.20 bits per heavy atom. The normalized spacial score (nSPS) is 16.8. The molecule has 1 atom stereocenters. The molecule has 164 valence electrons. The van der Waals surface area contributed by atoms with Crippen molar-refractivity contribution in [3.8, 4) is 5.75 Å². The number of guanidine groups is 1. The highest BCUT2D eigenvalue weighted by Gasteiger charge is 2.17. The van der Waals surface area contributed by atoms with Crippen LogP contribution in [0.4, 0.5) is 0 Å². The topological polar surface area (TPSA) is 93.8 Å². The monoisotopic (exact) mass is 415 g/mol. The maximum Gasteiger partial charge on any atom is 0.228 e. The minimum absolute atomic E-state index is 0.261. The number of aromatic nitrogens is 2. The quantitative estimate of drug-likeness (QED) is 0.480. The minimum Gasteiger partial charge on any atom is -0.493 e. The van der Waals surface area contributed by atoms with Crippen LogP contribution >= 0.6 is 0 Å². The fourth-order valence-corrected chi connectivity index (χ4v) is 3.16. The van der Waals surface area contributed by atoms with E-state index in [1.807, 2.05) is 13.8 Å². The van der Waals surface area contributed by atoms with Crippen LogP contribution in [0.5, 0.6) is 5.75 Å². The van der Waals surface area contributed by atoms with Crippen LogP contribution in [0, 0.1) is 12.8 Å². The molecule has 0 aliphatic carbocycles. The highest BCUT2D eigenvalue weighted by Crippen LogP contribution is 2.22. The molecule has 0 amide bonds. The van der Waals surface area contributed by atoms with E-state index in [4.69, 9.17) is 14.0 Å². The summed E-state index contributed by atoms with van der Waals surface area (Å²) in [7, 11) is 1.76. The number of nitrogens with one attached hydrogen (secondary N) is 2. The fourth-order valence-electron chi connectivity index (χ4n) is 3.16. The minimum atomic E-state index is 0.261. The lowest BCUT2D eigenvalue weighted by molar-refractivity contribution is 0.166. The number of rotatable bonds is 9. The van der Waals surface area contributed by atoms with Gasteiger partial charge in [-0.2, -0.15) is 4.98 Å². The van der Waals surface area contributed by atoms with Gasteiger partial charge < -0.3 is 24.6 Å². The molecule has 0 spiro atoms. The third kappa shape index (κ3) is 6.45. The van der Waals surface area contributed by atoms with E-state index in [9.17, 15) is 0 Å². The van der Waals surface area contributed by atoms with Gasteiger partial charge in [-0.3, -0.25) is 4.99 Å². The van der Waals surface area contributed by atoms with Gasteiger partial charge in [0, 0.05) is 50.6 Å². The smallest absolute Gasteiger partial charge is 0.228 e. The molecule has 1 aliphatic rings. The molecule has 1 aromatic heterocycles. The number of benzene rings is 1. The van der Waals surface area contributed by atoms with Crippen molar-refractivity contribution in [2.75, 3.05) is 33.4 Å². The number of nitrogens with zero attached hydrogens (tertiary/aromatic N) is 3. The molecule has 2 N–H and O–H groups in total. The van der Waals surface area contributed by atoms with Gasteiger partial charge in [-0.1, -0.05) is 31.1 Å². The van der Waals surface area contributed by atoms with Crippen LogP contribution < -0.4 is 15.4 Å².